The summed E-state index contributed by atoms with van der Waals surface area (Å²) in [6.45, 7) is 3.61. The van der Waals surface area contributed by atoms with E-state index in [0.717, 1.165) is 6.07 Å². The molecule has 0 aromatic heterocycles. The average molecular weight is 331 g/mol. The van der Waals surface area contributed by atoms with E-state index in [9.17, 15) is 15.0 Å². The highest BCUT2D eigenvalue weighted by molar-refractivity contribution is 6.10. The van der Waals surface area contributed by atoms with Crippen molar-refractivity contribution in [1.29, 1.82) is 0 Å². The number of ketones is 1. The van der Waals surface area contributed by atoms with Crippen molar-refractivity contribution >= 4 is 5.78 Å². The lowest BCUT2D eigenvalue weighted by molar-refractivity contribution is -0.138. The number of aromatic hydroxyl groups is 2. The van der Waals surface area contributed by atoms with Gasteiger partial charge < -0.3 is 14.9 Å². The number of nitrogens with zero attached hydrogens (tertiary/aromatic N) is 1. The SMILES string of the molecule is CCON(C)CCOc1ccc(C(=O)c2ccc(O)cc2O)cc1. The largest absolute Gasteiger partial charge is 0.508 e. The molecular formula is C18H21NO5. The van der Waals surface area contributed by atoms with Crippen molar-refractivity contribution < 1.29 is 24.6 Å². The second kappa shape index (κ2) is 8.33. The molecule has 24 heavy (non-hydrogen) atoms. The Hall–Kier alpha value is -2.57. The third-order valence-corrected chi connectivity index (χ3v) is 3.37. The molecule has 0 amide bonds. The van der Waals surface area contributed by atoms with Gasteiger partial charge in [0.2, 0.25) is 0 Å². The fraction of sp³-hybridized carbons (Fsp3) is 0.278. The van der Waals surface area contributed by atoms with Crippen LogP contribution in [0.4, 0.5) is 0 Å². The van der Waals surface area contributed by atoms with E-state index in [1.807, 2.05) is 14.0 Å². The molecule has 2 aromatic rings. The summed E-state index contributed by atoms with van der Waals surface area (Å²) in [5.74, 6) is -0.0226. The summed E-state index contributed by atoms with van der Waals surface area (Å²) in [5, 5.41) is 20.7. The lowest BCUT2D eigenvalue weighted by Gasteiger charge is -2.15. The highest BCUT2D eigenvalue weighted by Crippen LogP contribution is 2.25. The minimum Gasteiger partial charge on any atom is -0.508 e. The molecule has 0 saturated heterocycles. The van der Waals surface area contributed by atoms with Crippen LogP contribution >= 0.6 is 0 Å². The van der Waals surface area contributed by atoms with Gasteiger partial charge in [-0.3, -0.25) is 9.63 Å². The Kier molecular flexibility index (Phi) is 6.17. The van der Waals surface area contributed by atoms with Gasteiger partial charge in [-0.2, -0.15) is 5.06 Å². The molecule has 128 valence electrons. The Labute approximate surface area is 140 Å². The number of ether oxygens (including phenoxy) is 1. The van der Waals surface area contributed by atoms with Crippen molar-refractivity contribution in [3.05, 3.63) is 53.6 Å². The lowest BCUT2D eigenvalue weighted by Crippen LogP contribution is -2.24. The molecule has 0 spiro atoms. The van der Waals surface area contributed by atoms with Crippen LogP contribution in [0.2, 0.25) is 0 Å². The molecule has 2 N–H and O–H groups in total. The summed E-state index contributed by atoms with van der Waals surface area (Å²) >= 11 is 0. The number of phenols is 2. The molecule has 0 unspecified atom stereocenters. The van der Waals surface area contributed by atoms with Gasteiger partial charge in [-0.1, -0.05) is 0 Å². The topological polar surface area (TPSA) is 79.2 Å². The van der Waals surface area contributed by atoms with E-state index >= 15 is 0 Å². The number of hydroxylamine groups is 2. The number of carbonyl (C=O) groups is 1. The fourth-order valence-electron chi connectivity index (χ4n) is 2.15. The Morgan fingerprint density at radius 2 is 1.83 bits per heavy atom. The molecule has 0 atom stereocenters. The Morgan fingerprint density at radius 3 is 2.46 bits per heavy atom. The van der Waals surface area contributed by atoms with E-state index in [4.69, 9.17) is 9.57 Å². The standard InChI is InChI=1S/C18H21NO5/c1-3-24-19(2)10-11-23-15-7-4-13(5-8-15)18(22)16-9-6-14(20)12-17(16)21/h4-9,12,20-21H,3,10-11H2,1-2H3. The van der Waals surface area contributed by atoms with Crippen LogP contribution in [-0.2, 0) is 4.84 Å². The third kappa shape index (κ3) is 4.71. The Balaban J connectivity index is 1.97. The smallest absolute Gasteiger partial charge is 0.196 e. The van der Waals surface area contributed by atoms with Crippen molar-refractivity contribution in [2.24, 2.45) is 0 Å². The van der Waals surface area contributed by atoms with Crippen LogP contribution in [0.5, 0.6) is 17.2 Å². The highest BCUT2D eigenvalue weighted by Gasteiger charge is 2.14. The van der Waals surface area contributed by atoms with E-state index in [1.54, 1.807) is 29.3 Å². The number of rotatable bonds is 8. The Morgan fingerprint density at radius 1 is 1.12 bits per heavy atom. The minimum atomic E-state index is -0.324. The van der Waals surface area contributed by atoms with E-state index in [2.05, 4.69) is 0 Å². The molecule has 0 heterocycles. The number of likely N-dealkylation sites (N-methyl/N-ethyl adjacent to an activating group) is 1. The third-order valence-electron chi connectivity index (χ3n) is 3.37. The van der Waals surface area contributed by atoms with Gasteiger partial charge in [0.15, 0.2) is 5.78 Å². The zero-order chi connectivity index (χ0) is 17.5. The molecular weight excluding hydrogens is 310 g/mol. The van der Waals surface area contributed by atoms with Gasteiger partial charge >= 0.3 is 0 Å². The quantitative estimate of drug-likeness (QED) is 0.572. The predicted octanol–water partition coefficient (Wildman–Crippen LogP) is 2.59. The fourth-order valence-corrected chi connectivity index (χ4v) is 2.15. The van der Waals surface area contributed by atoms with Crippen LogP contribution in [-0.4, -0.2) is 47.9 Å². The molecule has 0 bridgehead atoms. The highest BCUT2D eigenvalue weighted by atomic mass is 16.7. The van der Waals surface area contributed by atoms with Crippen molar-refractivity contribution in [1.82, 2.24) is 5.06 Å². The van der Waals surface area contributed by atoms with Crippen LogP contribution in [0.25, 0.3) is 0 Å². The van der Waals surface area contributed by atoms with E-state index in [-0.39, 0.29) is 22.8 Å². The van der Waals surface area contributed by atoms with E-state index in [1.165, 1.54) is 12.1 Å². The second-order valence-corrected chi connectivity index (χ2v) is 5.17. The zero-order valence-electron chi connectivity index (χ0n) is 13.7. The van der Waals surface area contributed by atoms with Crippen LogP contribution in [0.1, 0.15) is 22.8 Å². The summed E-state index contributed by atoms with van der Waals surface area (Å²) < 4.78 is 5.59. The predicted molar refractivity (Wildman–Crippen MR) is 89.4 cm³/mol. The van der Waals surface area contributed by atoms with Crippen molar-refractivity contribution in [2.75, 3.05) is 26.8 Å². The van der Waals surface area contributed by atoms with Gasteiger partial charge in [0, 0.05) is 18.7 Å². The lowest BCUT2D eigenvalue weighted by atomic mass is 10.0. The summed E-state index contributed by atoms with van der Waals surface area (Å²) in [6, 6.07) is 10.6. The normalized spacial score (nSPS) is 10.8. The van der Waals surface area contributed by atoms with Crippen molar-refractivity contribution in [3.63, 3.8) is 0 Å². The molecule has 0 aliphatic carbocycles. The molecule has 6 heteroatoms. The summed E-state index contributed by atoms with van der Waals surface area (Å²) in [4.78, 5) is 17.6. The molecule has 0 aliphatic heterocycles. The zero-order valence-corrected chi connectivity index (χ0v) is 13.7. The molecule has 0 saturated carbocycles. The van der Waals surface area contributed by atoms with Crippen LogP contribution in [0.15, 0.2) is 42.5 Å². The second-order valence-electron chi connectivity index (χ2n) is 5.17. The average Bonchev–Trinajstić information content (AvgIpc) is 2.55. The maximum Gasteiger partial charge on any atom is 0.196 e. The number of hydrogen-bond donors (Lipinski definition) is 2. The van der Waals surface area contributed by atoms with Gasteiger partial charge in [-0.05, 0) is 43.3 Å². The van der Waals surface area contributed by atoms with Gasteiger partial charge in [-0.25, -0.2) is 0 Å². The molecule has 6 nitrogen and oxygen atoms in total. The van der Waals surface area contributed by atoms with Crippen LogP contribution in [0, 0.1) is 0 Å². The van der Waals surface area contributed by atoms with Crippen LogP contribution in [0.3, 0.4) is 0 Å². The molecule has 0 aliphatic rings. The summed E-state index contributed by atoms with van der Waals surface area (Å²) in [7, 11) is 1.83. The number of benzene rings is 2. The van der Waals surface area contributed by atoms with Gasteiger partial charge in [0.1, 0.15) is 23.9 Å². The van der Waals surface area contributed by atoms with Gasteiger partial charge in [-0.15, -0.1) is 0 Å². The number of hydrogen-bond acceptors (Lipinski definition) is 6. The molecule has 2 rings (SSSR count). The first-order valence-electron chi connectivity index (χ1n) is 7.65. The summed E-state index contributed by atoms with van der Waals surface area (Å²) in [6.07, 6.45) is 0. The molecule has 2 aromatic carbocycles. The Bertz CT molecular complexity index is 684. The maximum atomic E-state index is 12.4. The monoisotopic (exact) mass is 331 g/mol. The van der Waals surface area contributed by atoms with Gasteiger partial charge in [0.25, 0.3) is 0 Å². The molecule has 0 fully saturated rings. The first kappa shape index (κ1) is 17.8. The minimum absolute atomic E-state index is 0.0928. The van der Waals surface area contributed by atoms with Crippen molar-refractivity contribution in [2.45, 2.75) is 6.92 Å². The van der Waals surface area contributed by atoms with E-state index < -0.39 is 0 Å². The summed E-state index contributed by atoms with van der Waals surface area (Å²) in [5.41, 5.74) is 0.564. The number of phenolic OH excluding ortho intramolecular Hbond substituents is 2. The van der Waals surface area contributed by atoms with E-state index in [0.29, 0.717) is 31.1 Å². The molecule has 0 radical (unpaired) electrons. The van der Waals surface area contributed by atoms with Crippen molar-refractivity contribution in [3.8, 4) is 17.2 Å². The van der Waals surface area contributed by atoms with Gasteiger partial charge in [0.05, 0.1) is 18.7 Å². The first-order chi connectivity index (χ1) is 11.5. The number of carbonyl (C=O) groups excluding carboxylic acids is 1. The first-order valence-corrected chi connectivity index (χ1v) is 7.65. The maximum absolute atomic E-state index is 12.4. The van der Waals surface area contributed by atoms with Crippen LogP contribution < -0.4 is 4.74 Å².